The molecule has 2 heteroatoms. The van der Waals surface area contributed by atoms with Gasteiger partial charge in [-0.15, -0.1) is 0 Å². The summed E-state index contributed by atoms with van der Waals surface area (Å²) < 4.78 is 0. The van der Waals surface area contributed by atoms with Crippen molar-refractivity contribution in [1.82, 2.24) is 5.32 Å². The molecule has 1 N–H and O–H groups in total. The van der Waals surface area contributed by atoms with Crippen molar-refractivity contribution in [3.63, 3.8) is 0 Å². The molecular weight excluding hydrogens is 198 g/mol. The number of hydrogen-bond donors (Lipinski definition) is 1. The minimum atomic E-state index is 0.0299. The van der Waals surface area contributed by atoms with Gasteiger partial charge in [0.05, 0.1) is 0 Å². The maximum atomic E-state index is 11.9. The van der Waals surface area contributed by atoms with Crippen LogP contribution in [-0.4, -0.2) is 11.4 Å². The lowest BCUT2D eigenvalue weighted by Crippen LogP contribution is -2.59. The second-order valence-corrected chi connectivity index (χ2v) is 6.43. The monoisotopic (exact) mass is 223 g/mol. The molecule has 0 aromatic rings. The number of rotatable bonds is 3. The molecule has 0 unspecified atom stereocenters. The molecule has 1 amide bonds. The second-order valence-electron chi connectivity index (χ2n) is 6.43. The van der Waals surface area contributed by atoms with Crippen molar-refractivity contribution in [2.45, 2.75) is 65.3 Å². The van der Waals surface area contributed by atoms with Gasteiger partial charge in [-0.1, -0.05) is 20.8 Å². The van der Waals surface area contributed by atoms with Crippen molar-refractivity contribution in [3.8, 4) is 0 Å². The van der Waals surface area contributed by atoms with Crippen molar-refractivity contribution in [2.75, 3.05) is 0 Å². The topological polar surface area (TPSA) is 29.1 Å². The lowest BCUT2D eigenvalue weighted by atomic mass is 9.64. The molecule has 2 saturated carbocycles. The van der Waals surface area contributed by atoms with Crippen LogP contribution in [0.2, 0.25) is 0 Å². The van der Waals surface area contributed by atoms with Gasteiger partial charge in [-0.3, -0.25) is 4.79 Å². The Balaban J connectivity index is 2.14. The molecule has 2 aliphatic rings. The largest absolute Gasteiger partial charge is 0.350 e. The summed E-state index contributed by atoms with van der Waals surface area (Å²) in [5, 5.41) is 3.34. The van der Waals surface area contributed by atoms with E-state index in [0.717, 1.165) is 12.3 Å². The van der Waals surface area contributed by atoms with Crippen LogP contribution in [-0.2, 0) is 4.79 Å². The maximum Gasteiger partial charge on any atom is 0.220 e. The number of carbonyl (C=O) groups is 1. The molecule has 3 atom stereocenters. The smallest absolute Gasteiger partial charge is 0.220 e. The number of carbonyl (C=O) groups excluding carboxylic acids is 1. The molecule has 2 aliphatic carbocycles. The van der Waals surface area contributed by atoms with Gasteiger partial charge in [0.1, 0.15) is 0 Å². The zero-order valence-electron chi connectivity index (χ0n) is 11.1. The third-order valence-electron chi connectivity index (χ3n) is 5.48. The Bertz CT molecular complexity index is 297. The van der Waals surface area contributed by atoms with Gasteiger partial charge in [-0.25, -0.2) is 0 Å². The van der Waals surface area contributed by atoms with Gasteiger partial charge >= 0.3 is 0 Å². The van der Waals surface area contributed by atoms with Crippen LogP contribution in [0.1, 0.15) is 59.8 Å². The van der Waals surface area contributed by atoms with Crippen LogP contribution in [0.5, 0.6) is 0 Å². The van der Waals surface area contributed by atoms with E-state index in [0.29, 0.717) is 12.3 Å². The van der Waals surface area contributed by atoms with Gasteiger partial charge in [-0.2, -0.15) is 0 Å². The van der Waals surface area contributed by atoms with Gasteiger partial charge in [0.15, 0.2) is 0 Å². The average molecular weight is 223 g/mol. The summed E-state index contributed by atoms with van der Waals surface area (Å²) >= 11 is 0. The van der Waals surface area contributed by atoms with Crippen LogP contribution in [0.25, 0.3) is 0 Å². The number of amides is 1. The van der Waals surface area contributed by atoms with E-state index in [2.05, 4.69) is 33.0 Å². The lowest BCUT2D eigenvalue weighted by molar-refractivity contribution is -0.125. The lowest BCUT2D eigenvalue weighted by Gasteiger charge is -2.48. The first-order chi connectivity index (χ1) is 7.41. The van der Waals surface area contributed by atoms with Crippen LogP contribution < -0.4 is 5.32 Å². The zero-order valence-corrected chi connectivity index (χ0v) is 11.1. The third kappa shape index (κ3) is 1.49. The second kappa shape index (κ2) is 3.75. The molecule has 0 spiro atoms. The van der Waals surface area contributed by atoms with E-state index in [4.69, 9.17) is 0 Å². The Morgan fingerprint density at radius 3 is 2.38 bits per heavy atom. The standard InChI is InChI=1S/C14H25NO/c1-5-6-12(16)15-14(4)11-8-7-10(9-11)13(14,2)3/h10-11H,5-9H2,1-4H3,(H,15,16)/t10-,11-,14-/m0/s1. The van der Waals surface area contributed by atoms with E-state index < -0.39 is 0 Å². The molecule has 2 nitrogen and oxygen atoms in total. The van der Waals surface area contributed by atoms with Gasteiger partial charge in [0, 0.05) is 12.0 Å². The average Bonchev–Trinajstić information content (AvgIpc) is 2.70. The van der Waals surface area contributed by atoms with Crippen molar-refractivity contribution in [2.24, 2.45) is 17.3 Å². The molecular formula is C14H25NO. The van der Waals surface area contributed by atoms with E-state index in [1.54, 1.807) is 0 Å². The van der Waals surface area contributed by atoms with Gasteiger partial charge in [0.25, 0.3) is 0 Å². The van der Waals surface area contributed by atoms with Gasteiger partial charge < -0.3 is 5.32 Å². The summed E-state index contributed by atoms with van der Waals surface area (Å²) in [6.45, 7) is 9.00. The number of hydrogen-bond acceptors (Lipinski definition) is 1. The Kier molecular flexibility index (Phi) is 2.80. The van der Waals surface area contributed by atoms with Gasteiger partial charge in [-0.05, 0) is 49.9 Å². The maximum absolute atomic E-state index is 11.9. The Labute approximate surface area is 99.2 Å². The highest BCUT2D eigenvalue weighted by molar-refractivity contribution is 5.77. The predicted octanol–water partition coefficient (Wildman–Crippen LogP) is 3.12. The fourth-order valence-electron chi connectivity index (χ4n) is 3.95. The number of nitrogens with one attached hydrogen (secondary N) is 1. The fraction of sp³-hybridized carbons (Fsp3) is 0.929. The molecule has 92 valence electrons. The molecule has 0 aromatic heterocycles. The van der Waals surface area contributed by atoms with Crippen molar-refractivity contribution in [3.05, 3.63) is 0 Å². The SMILES string of the molecule is CCCC(=O)N[C@@]1(C)[C@H]2CC[C@@H](C2)C1(C)C. The highest BCUT2D eigenvalue weighted by Crippen LogP contribution is 2.61. The first-order valence-corrected chi connectivity index (χ1v) is 6.73. The summed E-state index contributed by atoms with van der Waals surface area (Å²) in [4.78, 5) is 11.9. The molecule has 16 heavy (non-hydrogen) atoms. The summed E-state index contributed by atoms with van der Waals surface area (Å²) in [6.07, 6.45) is 5.59. The molecule has 2 rings (SSSR count). The molecule has 2 fully saturated rings. The van der Waals surface area contributed by atoms with Crippen molar-refractivity contribution < 1.29 is 4.79 Å². The van der Waals surface area contributed by atoms with Crippen LogP contribution >= 0.6 is 0 Å². The van der Waals surface area contributed by atoms with E-state index in [-0.39, 0.29) is 16.9 Å². The summed E-state index contributed by atoms with van der Waals surface area (Å²) in [5.74, 6) is 1.75. The van der Waals surface area contributed by atoms with Crippen LogP contribution in [0.3, 0.4) is 0 Å². The van der Waals surface area contributed by atoms with E-state index in [9.17, 15) is 4.79 Å². The van der Waals surface area contributed by atoms with Crippen molar-refractivity contribution >= 4 is 5.91 Å². The Morgan fingerprint density at radius 1 is 1.25 bits per heavy atom. The molecule has 2 bridgehead atoms. The fourth-order valence-corrected chi connectivity index (χ4v) is 3.95. The molecule has 0 heterocycles. The van der Waals surface area contributed by atoms with E-state index in [1.807, 2.05) is 0 Å². The molecule has 0 aliphatic heterocycles. The quantitative estimate of drug-likeness (QED) is 0.782. The zero-order chi connectivity index (χ0) is 12.0. The van der Waals surface area contributed by atoms with E-state index >= 15 is 0 Å². The summed E-state index contributed by atoms with van der Waals surface area (Å²) in [5.41, 5.74) is 0.293. The van der Waals surface area contributed by atoms with Gasteiger partial charge in [0.2, 0.25) is 5.91 Å². The number of fused-ring (bicyclic) bond motifs is 2. The minimum absolute atomic E-state index is 0.0299. The van der Waals surface area contributed by atoms with Crippen LogP contribution in [0.15, 0.2) is 0 Å². The van der Waals surface area contributed by atoms with Crippen LogP contribution in [0, 0.1) is 17.3 Å². The highest BCUT2D eigenvalue weighted by Gasteiger charge is 2.60. The first kappa shape index (κ1) is 11.9. The van der Waals surface area contributed by atoms with Crippen LogP contribution in [0.4, 0.5) is 0 Å². The first-order valence-electron chi connectivity index (χ1n) is 6.73. The predicted molar refractivity (Wildman–Crippen MR) is 66.1 cm³/mol. The minimum Gasteiger partial charge on any atom is -0.350 e. The third-order valence-corrected chi connectivity index (χ3v) is 5.48. The Morgan fingerprint density at radius 2 is 1.88 bits per heavy atom. The Hall–Kier alpha value is -0.530. The summed E-state index contributed by atoms with van der Waals surface area (Å²) in [7, 11) is 0. The molecule has 0 saturated heterocycles. The summed E-state index contributed by atoms with van der Waals surface area (Å²) in [6, 6.07) is 0. The highest BCUT2D eigenvalue weighted by atomic mass is 16.1. The molecule has 0 radical (unpaired) electrons. The molecule has 0 aromatic carbocycles. The normalized spacial score (nSPS) is 40.0. The van der Waals surface area contributed by atoms with Crippen molar-refractivity contribution in [1.29, 1.82) is 0 Å². The van der Waals surface area contributed by atoms with E-state index in [1.165, 1.54) is 19.3 Å².